The van der Waals surface area contributed by atoms with Crippen molar-refractivity contribution in [1.82, 2.24) is 34.7 Å². The molecule has 3 aromatic heterocycles. The van der Waals surface area contributed by atoms with Crippen LogP contribution in [0.15, 0.2) is 23.1 Å². The number of amides is 2. The van der Waals surface area contributed by atoms with Crippen molar-refractivity contribution in [1.29, 1.82) is 0 Å². The molecular formula is C11H11ClN8O2. The summed E-state index contributed by atoms with van der Waals surface area (Å²) in [5.74, 6) is 0.533. The number of rotatable bonds is 3. The van der Waals surface area contributed by atoms with Gasteiger partial charge in [0.1, 0.15) is 0 Å². The van der Waals surface area contributed by atoms with Gasteiger partial charge in [-0.15, -0.1) is 5.10 Å². The molecule has 0 aliphatic carbocycles. The van der Waals surface area contributed by atoms with Crippen LogP contribution < -0.4 is 16.3 Å². The van der Waals surface area contributed by atoms with Gasteiger partial charge in [-0.2, -0.15) is 10.1 Å². The first-order valence-corrected chi connectivity index (χ1v) is 6.58. The standard InChI is InChI=1S/C11H11ClN8O2/c1-19-8(16-17-11(19)22)5-13-10(21)15-9-14-7-4-6(12)2-3-20(7)18-9/h2-4H,5H2,1H3,(H,17,22)(H2,13,15,18,21). The molecule has 0 saturated heterocycles. The molecule has 11 heteroatoms. The molecule has 0 aliphatic heterocycles. The number of hydrogen-bond donors (Lipinski definition) is 3. The van der Waals surface area contributed by atoms with Crippen molar-refractivity contribution in [3.63, 3.8) is 0 Å². The molecule has 0 radical (unpaired) electrons. The van der Waals surface area contributed by atoms with E-state index in [2.05, 4.69) is 30.9 Å². The molecule has 3 heterocycles. The SMILES string of the molecule is Cn1c(CNC(=O)Nc2nc3cc(Cl)ccn3n2)n[nH]c1=O. The summed E-state index contributed by atoms with van der Waals surface area (Å²) >= 11 is 5.85. The third kappa shape index (κ3) is 2.76. The molecular weight excluding hydrogens is 312 g/mol. The summed E-state index contributed by atoms with van der Waals surface area (Å²) in [4.78, 5) is 27.1. The summed E-state index contributed by atoms with van der Waals surface area (Å²) in [6.45, 7) is 0.0836. The summed E-state index contributed by atoms with van der Waals surface area (Å²) in [5.41, 5.74) is 0.161. The highest BCUT2D eigenvalue weighted by atomic mass is 35.5. The second kappa shape index (κ2) is 5.48. The normalized spacial score (nSPS) is 10.8. The van der Waals surface area contributed by atoms with E-state index < -0.39 is 6.03 Å². The van der Waals surface area contributed by atoms with Crippen LogP contribution in [-0.2, 0) is 13.6 Å². The second-order valence-corrected chi connectivity index (χ2v) is 4.83. The number of pyridine rings is 1. The number of aromatic amines is 1. The number of anilines is 1. The summed E-state index contributed by atoms with van der Waals surface area (Å²) in [6, 6.07) is 2.76. The fourth-order valence-corrected chi connectivity index (χ4v) is 1.91. The zero-order valence-corrected chi connectivity index (χ0v) is 12.1. The Kier molecular flexibility index (Phi) is 3.51. The number of hydrogen-bond acceptors (Lipinski definition) is 5. The van der Waals surface area contributed by atoms with E-state index in [4.69, 9.17) is 11.6 Å². The fourth-order valence-electron chi connectivity index (χ4n) is 1.75. The summed E-state index contributed by atoms with van der Waals surface area (Å²) in [5, 5.41) is 15.7. The highest BCUT2D eigenvalue weighted by Crippen LogP contribution is 2.12. The van der Waals surface area contributed by atoms with Crippen LogP contribution in [0.3, 0.4) is 0 Å². The average molecular weight is 323 g/mol. The zero-order chi connectivity index (χ0) is 15.7. The number of aromatic nitrogens is 6. The van der Waals surface area contributed by atoms with Crippen molar-refractivity contribution in [3.8, 4) is 0 Å². The van der Waals surface area contributed by atoms with Gasteiger partial charge in [0.05, 0.1) is 6.54 Å². The van der Waals surface area contributed by atoms with E-state index in [1.165, 1.54) is 9.08 Å². The molecule has 114 valence electrons. The first-order chi connectivity index (χ1) is 10.5. The third-order valence-corrected chi connectivity index (χ3v) is 3.14. The number of carbonyl (C=O) groups excluding carboxylic acids is 1. The van der Waals surface area contributed by atoms with Crippen LogP contribution in [0.1, 0.15) is 5.82 Å². The van der Waals surface area contributed by atoms with Gasteiger partial charge in [0.2, 0.25) is 0 Å². The minimum Gasteiger partial charge on any atom is -0.330 e. The Hall–Kier alpha value is -2.88. The molecule has 0 saturated carbocycles. The van der Waals surface area contributed by atoms with Gasteiger partial charge in [-0.25, -0.2) is 19.2 Å². The number of nitrogens with zero attached hydrogens (tertiary/aromatic N) is 5. The Labute approximate surface area is 128 Å². The molecule has 3 rings (SSSR count). The summed E-state index contributed by atoms with van der Waals surface area (Å²) < 4.78 is 2.78. The van der Waals surface area contributed by atoms with Crippen LogP contribution in [-0.4, -0.2) is 35.4 Å². The second-order valence-electron chi connectivity index (χ2n) is 4.39. The molecule has 0 fully saturated rings. The first-order valence-electron chi connectivity index (χ1n) is 6.20. The summed E-state index contributed by atoms with van der Waals surface area (Å²) in [6.07, 6.45) is 1.63. The zero-order valence-electron chi connectivity index (χ0n) is 11.4. The lowest BCUT2D eigenvalue weighted by molar-refractivity contribution is 0.251. The van der Waals surface area contributed by atoms with Crippen LogP contribution in [0.2, 0.25) is 5.02 Å². The van der Waals surface area contributed by atoms with Crippen LogP contribution in [0.5, 0.6) is 0 Å². The molecule has 0 aromatic carbocycles. The lowest BCUT2D eigenvalue weighted by Gasteiger charge is -2.03. The molecule has 22 heavy (non-hydrogen) atoms. The predicted molar refractivity (Wildman–Crippen MR) is 77.7 cm³/mol. The largest absolute Gasteiger partial charge is 0.343 e. The van der Waals surface area contributed by atoms with Crippen molar-refractivity contribution in [3.05, 3.63) is 39.7 Å². The van der Waals surface area contributed by atoms with Crippen LogP contribution in [0, 0.1) is 0 Å². The molecule has 10 nitrogen and oxygen atoms in total. The maximum Gasteiger partial charge on any atom is 0.343 e. The number of nitrogens with one attached hydrogen (secondary N) is 3. The Morgan fingerprint density at radius 1 is 1.50 bits per heavy atom. The van der Waals surface area contributed by atoms with Gasteiger partial charge in [0.25, 0.3) is 5.95 Å². The minimum absolute atomic E-state index is 0.0836. The quantitative estimate of drug-likeness (QED) is 0.632. The Morgan fingerprint density at radius 3 is 3.05 bits per heavy atom. The third-order valence-electron chi connectivity index (χ3n) is 2.90. The topological polar surface area (TPSA) is 122 Å². The molecule has 2 amide bonds. The van der Waals surface area contributed by atoms with Crippen molar-refractivity contribution < 1.29 is 4.79 Å². The Balaban J connectivity index is 1.65. The number of halogens is 1. The monoisotopic (exact) mass is 322 g/mol. The van der Waals surface area contributed by atoms with Crippen molar-refractivity contribution in [2.45, 2.75) is 6.54 Å². The van der Waals surface area contributed by atoms with Crippen molar-refractivity contribution >= 4 is 29.2 Å². The molecule has 0 bridgehead atoms. The molecule has 3 N–H and O–H groups in total. The van der Waals surface area contributed by atoms with Gasteiger partial charge in [-0.3, -0.25) is 9.88 Å². The average Bonchev–Trinajstić information content (AvgIpc) is 3.01. The van der Waals surface area contributed by atoms with Gasteiger partial charge in [-0.1, -0.05) is 11.6 Å². The molecule has 3 aromatic rings. The van der Waals surface area contributed by atoms with Gasteiger partial charge in [0, 0.05) is 24.3 Å². The van der Waals surface area contributed by atoms with E-state index in [-0.39, 0.29) is 18.2 Å². The summed E-state index contributed by atoms with van der Waals surface area (Å²) in [7, 11) is 1.55. The first kappa shape index (κ1) is 14.1. The number of fused-ring (bicyclic) bond motifs is 1. The van der Waals surface area contributed by atoms with Crippen molar-refractivity contribution in [2.24, 2.45) is 7.05 Å². The van der Waals surface area contributed by atoms with Crippen LogP contribution in [0.4, 0.5) is 10.7 Å². The van der Waals surface area contributed by atoms with Gasteiger partial charge in [0.15, 0.2) is 11.5 Å². The van der Waals surface area contributed by atoms with Crippen molar-refractivity contribution in [2.75, 3.05) is 5.32 Å². The lowest BCUT2D eigenvalue weighted by atomic mass is 10.5. The van der Waals surface area contributed by atoms with Crippen LogP contribution >= 0.6 is 11.6 Å². The highest BCUT2D eigenvalue weighted by Gasteiger charge is 2.10. The smallest absolute Gasteiger partial charge is 0.330 e. The highest BCUT2D eigenvalue weighted by molar-refractivity contribution is 6.30. The Bertz CT molecular complexity index is 895. The number of urea groups is 1. The molecule has 0 unspecified atom stereocenters. The predicted octanol–water partition coefficient (Wildman–Crippen LogP) is 0.126. The lowest BCUT2D eigenvalue weighted by Crippen LogP contribution is -2.30. The molecule has 0 aliphatic rings. The van der Waals surface area contributed by atoms with Gasteiger partial charge in [-0.05, 0) is 6.07 Å². The molecule has 0 atom stereocenters. The van der Waals surface area contributed by atoms with E-state index in [0.29, 0.717) is 16.5 Å². The van der Waals surface area contributed by atoms with E-state index in [0.717, 1.165) is 0 Å². The van der Waals surface area contributed by atoms with Gasteiger partial charge >= 0.3 is 11.7 Å². The maximum absolute atomic E-state index is 11.8. The van der Waals surface area contributed by atoms with E-state index >= 15 is 0 Å². The fraction of sp³-hybridized carbons (Fsp3) is 0.182. The van der Waals surface area contributed by atoms with E-state index in [1.807, 2.05) is 0 Å². The number of H-pyrrole nitrogens is 1. The van der Waals surface area contributed by atoms with E-state index in [9.17, 15) is 9.59 Å². The van der Waals surface area contributed by atoms with E-state index in [1.54, 1.807) is 25.4 Å². The minimum atomic E-state index is -0.516. The molecule has 0 spiro atoms. The Morgan fingerprint density at radius 2 is 2.32 bits per heavy atom. The van der Waals surface area contributed by atoms with Gasteiger partial charge < -0.3 is 5.32 Å². The number of carbonyl (C=O) groups is 1. The maximum atomic E-state index is 11.8. The van der Waals surface area contributed by atoms with Crippen LogP contribution in [0.25, 0.3) is 5.65 Å².